The maximum absolute atomic E-state index is 12.7. The van der Waals surface area contributed by atoms with E-state index >= 15 is 0 Å². The average molecular weight is 337 g/mol. The predicted molar refractivity (Wildman–Crippen MR) is 85.3 cm³/mol. The van der Waals surface area contributed by atoms with Crippen LogP contribution in [0.5, 0.6) is 0 Å². The van der Waals surface area contributed by atoms with Gasteiger partial charge in [-0.05, 0) is 12.1 Å². The van der Waals surface area contributed by atoms with Crippen molar-refractivity contribution in [3.05, 3.63) is 36.2 Å². The summed E-state index contributed by atoms with van der Waals surface area (Å²) in [7, 11) is -0.414. The van der Waals surface area contributed by atoms with Crippen LogP contribution in [0.15, 0.2) is 30.6 Å². The molecule has 0 saturated carbocycles. The standard InChI is InChI=1S/C14H19N5O3S/c1-16(2)23(21,22)18-9-7-17(8-10-18)14(20)12-11-15-19-6-4-3-5-13(12)19/h3-6,11H,7-10H2,1-2H3. The quantitative estimate of drug-likeness (QED) is 0.783. The van der Waals surface area contributed by atoms with Crippen molar-refractivity contribution in [3.8, 4) is 0 Å². The molecule has 3 heterocycles. The van der Waals surface area contributed by atoms with Crippen molar-refractivity contribution >= 4 is 21.6 Å². The van der Waals surface area contributed by atoms with Crippen LogP contribution in [0.3, 0.4) is 0 Å². The van der Waals surface area contributed by atoms with Gasteiger partial charge < -0.3 is 4.90 Å². The van der Waals surface area contributed by atoms with Crippen molar-refractivity contribution in [1.29, 1.82) is 0 Å². The monoisotopic (exact) mass is 337 g/mol. The smallest absolute Gasteiger partial charge is 0.281 e. The predicted octanol–water partition coefficient (Wildman–Crippen LogP) is -0.101. The summed E-state index contributed by atoms with van der Waals surface area (Å²) in [5.74, 6) is -0.117. The number of rotatable bonds is 3. The highest BCUT2D eigenvalue weighted by Crippen LogP contribution is 2.16. The Labute approximate surface area is 135 Å². The number of piperazine rings is 1. The normalized spacial score (nSPS) is 17.1. The number of amides is 1. The molecule has 0 aromatic carbocycles. The van der Waals surface area contributed by atoms with Gasteiger partial charge in [0.15, 0.2) is 0 Å². The van der Waals surface area contributed by atoms with E-state index in [9.17, 15) is 13.2 Å². The summed E-state index contributed by atoms with van der Waals surface area (Å²) in [5, 5.41) is 4.17. The Morgan fingerprint density at radius 3 is 2.52 bits per heavy atom. The van der Waals surface area contributed by atoms with Gasteiger partial charge in [0.25, 0.3) is 16.1 Å². The summed E-state index contributed by atoms with van der Waals surface area (Å²) in [6.45, 7) is 1.34. The Morgan fingerprint density at radius 1 is 1.17 bits per heavy atom. The molecular formula is C14H19N5O3S. The van der Waals surface area contributed by atoms with Crippen LogP contribution in [0.25, 0.3) is 5.52 Å². The SMILES string of the molecule is CN(C)S(=O)(=O)N1CCN(C(=O)c2cnn3ccccc23)CC1. The molecule has 8 nitrogen and oxygen atoms in total. The molecule has 0 bridgehead atoms. The molecule has 1 saturated heterocycles. The highest BCUT2D eigenvalue weighted by molar-refractivity contribution is 7.86. The van der Waals surface area contributed by atoms with E-state index in [4.69, 9.17) is 0 Å². The molecule has 9 heteroatoms. The molecule has 1 fully saturated rings. The number of hydrogen-bond donors (Lipinski definition) is 0. The second-order valence-corrected chi connectivity index (χ2v) is 7.71. The molecule has 0 spiro atoms. The van der Waals surface area contributed by atoms with E-state index in [1.807, 2.05) is 18.2 Å². The summed E-state index contributed by atoms with van der Waals surface area (Å²) in [5.41, 5.74) is 1.29. The Balaban J connectivity index is 1.74. The average Bonchev–Trinajstić information content (AvgIpc) is 2.98. The topological polar surface area (TPSA) is 78.2 Å². The molecule has 0 atom stereocenters. The van der Waals surface area contributed by atoms with Crippen LogP contribution in [0.2, 0.25) is 0 Å². The number of fused-ring (bicyclic) bond motifs is 1. The number of aromatic nitrogens is 2. The summed E-state index contributed by atoms with van der Waals surface area (Å²) < 4.78 is 28.4. The third-order valence-corrected chi connectivity index (χ3v) is 5.91. The lowest BCUT2D eigenvalue weighted by molar-refractivity contribution is 0.0697. The first-order valence-corrected chi connectivity index (χ1v) is 8.70. The maximum atomic E-state index is 12.7. The van der Waals surface area contributed by atoms with E-state index in [-0.39, 0.29) is 5.91 Å². The molecule has 23 heavy (non-hydrogen) atoms. The first kappa shape index (κ1) is 15.9. The largest absolute Gasteiger partial charge is 0.336 e. The van der Waals surface area contributed by atoms with Crippen LogP contribution in [-0.2, 0) is 10.2 Å². The van der Waals surface area contributed by atoms with Crippen LogP contribution in [0.4, 0.5) is 0 Å². The highest BCUT2D eigenvalue weighted by atomic mass is 32.2. The molecule has 0 radical (unpaired) electrons. The van der Waals surface area contributed by atoms with Crippen LogP contribution >= 0.6 is 0 Å². The molecule has 0 aliphatic carbocycles. The minimum absolute atomic E-state index is 0.117. The Kier molecular flexibility index (Phi) is 4.09. The van der Waals surface area contributed by atoms with Crippen LogP contribution in [0.1, 0.15) is 10.4 Å². The van der Waals surface area contributed by atoms with Gasteiger partial charge in [-0.3, -0.25) is 4.79 Å². The molecule has 2 aromatic rings. The molecule has 1 aliphatic rings. The van der Waals surface area contributed by atoms with Crippen molar-refractivity contribution in [1.82, 2.24) is 23.1 Å². The van der Waals surface area contributed by atoms with E-state index in [1.165, 1.54) is 22.7 Å². The summed E-state index contributed by atoms with van der Waals surface area (Å²) in [6.07, 6.45) is 3.34. The van der Waals surface area contributed by atoms with Crippen molar-refractivity contribution in [2.75, 3.05) is 40.3 Å². The fourth-order valence-corrected chi connectivity index (χ4v) is 3.71. The highest BCUT2D eigenvalue weighted by Gasteiger charge is 2.31. The van der Waals surface area contributed by atoms with Gasteiger partial charge in [0.05, 0.1) is 17.3 Å². The van der Waals surface area contributed by atoms with E-state index < -0.39 is 10.2 Å². The molecule has 1 amide bonds. The number of carbonyl (C=O) groups is 1. The molecule has 124 valence electrons. The lowest BCUT2D eigenvalue weighted by Gasteiger charge is -2.35. The molecule has 0 unspecified atom stereocenters. The van der Waals surface area contributed by atoms with Crippen LogP contribution in [-0.4, -0.2) is 77.7 Å². The number of hydrogen-bond acceptors (Lipinski definition) is 4. The van der Waals surface area contributed by atoms with Crippen LogP contribution < -0.4 is 0 Å². The van der Waals surface area contributed by atoms with E-state index in [0.717, 1.165) is 5.52 Å². The van der Waals surface area contributed by atoms with Crippen molar-refractivity contribution < 1.29 is 13.2 Å². The lowest BCUT2D eigenvalue weighted by atomic mass is 10.2. The zero-order valence-electron chi connectivity index (χ0n) is 13.1. The van der Waals surface area contributed by atoms with Crippen LogP contribution in [0, 0.1) is 0 Å². The number of carbonyl (C=O) groups excluding carboxylic acids is 1. The Morgan fingerprint density at radius 2 is 1.87 bits per heavy atom. The van der Waals surface area contributed by atoms with Gasteiger partial charge in [-0.1, -0.05) is 6.07 Å². The Hall–Kier alpha value is -1.97. The molecule has 0 N–H and O–H groups in total. The number of nitrogens with zero attached hydrogens (tertiary/aromatic N) is 5. The van der Waals surface area contributed by atoms with E-state index in [0.29, 0.717) is 31.7 Å². The van der Waals surface area contributed by atoms with Gasteiger partial charge >= 0.3 is 0 Å². The maximum Gasteiger partial charge on any atom is 0.281 e. The van der Waals surface area contributed by atoms with Gasteiger partial charge in [-0.25, -0.2) is 4.52 Å². The minimum Gasteiger partial charge on any atom is -0.336 e. The van der Waals surface area contributed by atoms with E-state index in [1.54, 1.807) is 21.8 Å². The second-order valence-electron chi connectivity index (χ2n) is 5.57. The molecule has 2 aromatic heterocycles. The van der Waals surface area contributed by atoms with Gasteiger partial charge in [-0.2, -0.15) is 22.1 Å². The first-order chi connectivity index (χ1) is 10.9. The van der Waals surface area contributed by atoms with Gasteiger partial charge in [0, 0.05) is 46.5 Å². The van der Waals surface area contributed by atoms with Gasteiger partial charge in [-0.15, -0.1) is 0 Å². The Bertz CT molecular complexity index is 822. The third kappa shape index (κ3) is 2.82. The number of pyridine rings is 1. The lowest BCUT2D eigenvalue weighted by Crippen LogP contribution is -2.53. The third-order valence-electron chi connectivity index (χ3n) is 3.97. The minimum atomic E-state index is -3.43. The summed E-state index contributed by atoms with van der Waals surface area (Å²) in [4.78, 5) is 14.3. The van der Waals surface area contributed by atoms with Crippen molar-refractivity contribution in [3.63, 3.8) is 0 Å². The zero-order valence-corrected chi connectivity index (χ0v) is 13.9. The van der Waals surface area contributed by atoms with Gasteiger partial charge in [0.1, 0.15) is 0 Å². The summed E-state index contributed by atoms with van der Waals surface area (Å²) >= 11 is 0. The zero-order chi connectivity index (χ0) is 16.6. The molecular weight excluding hydrogens is 318 g/mol. The second kappa shape index (κ2) is 5.91. The van der Waals surface area contributed by atoms with E-state index in [2.05, 4.69) is 5.10 Å². The first-order valence-electron chi connectivity index (χ1n) is 7.30. The summed E-state index contributed by atoms with van der Waals surface area (Å²) in [6, 6.07) is 5.54. The van der Waals surface area contributed by atoms with Gasteiger partial charge in [0.2, 0.25) is 0 Å². The fourth-order valence-electron chi connectivity index (χ4n) is 2.62. The van der Waals surface area contributed by atoms with Crippen molar-refractivity contribution in [2.45, 2.75) is 0 Å². The molecule has 3 rings (SSSR count). The molecule has 1 aliphatic heterocycles. The fraction of sp³-hybridized carbons (Fsp3) is 0.429. The van der Waals surface area contributed by atoms with Crippen molar-refractivity contribution in [2.24, 2.45) is 0 Å².